The number of benzene rings is 3. The fraction of sp³-hybridized carbons (Fsp3) is 0.200. The maximum Gasteiger partial charge on any atom is 0.338 e. The maximum absolute atomic E-state index is 12.6. The Morgan fingerprint density at radius 1 is 0.889 bits per heavy atom. The number of ether oxygens (including phenoxy) is 2. The highest BCUT2D eigenvalue weighted by molar-refractivity contribution is 7.92. The first-order valence-electron chi connectivity index (χ1n) is 10.9. The third-order valence-corrected chi connectivity index (χ3v) is 6.59. The van der Waals surface area contributed by atoms with Crippen molar-refractivity contribution in [3.05, 3.63) is 82.3 Å². The number of esters is 1. The van der Waals surface area contributed by atoms with Crippen molar-refractivity contribution in [2.24, 2.45) is 0 Å². The summed E-state index contributed by atoms with van der Waals surface area (Å²) in [5, 5.41) is 3.25. The third kappa shape index (κ3) is 8.15. The summed E-state index contributed by atoms with van der Waals surface area (Å²) in [5.41, 5.74) is 1.11. The molecule has 0 spiro atoms. The summed E-state index contributed by atoms with van der Waals surface area (Å²) in [4.78, 5) is 24.1. The molecule has 11 heteroatoms. The summed E-state index contributed by atoms with van der Waals surface area (Å²) in [6.07, 6.45) is 1.73. The van der Waals surface area contributed by atoms with Gasteiger partial charge in [-0.2, -0.15) is 0 Å². The Morgan fingerprint density at radius 2 is 1.53 bits per heavy atom. The molecule has 3 aromatic rings. The molecule has 0 fully saturated rings. The molecule has 0 heterocycles. The smallest absolute Gasteiger partial charge is 0.338 e. The molecule has 190 valence electrons. The van der Waals surface area contributed by atoms with E-state index in [0.29, 0.717) is 33.7 Å². The largest absolute Gasteiger partial charge is 0.484 e. The van der Waals surface area contributed by atoms with Crippen LogP contribution in [0.3, 0.4) is 0 Å². The van der Waals surface area contributed by atoms with Crippen LogP contribution < -0.4 is 14.8 Å². The Labute approximate surface area is 219 Å². The van der Waals surface area contributed by atoms with Gasteiger partial charge in [-0.1, -0.05) is 36.5 Å². The summed E-state index contributed by atoms with van der Waals surface area (Å²) in [6.45, 7) is 2.07. The monoisotopic (exact) mass is 550 g/mol. The number of carbonyl (C=O) groups is 2. The van der Waals surface area contributed by atoms with Crippen molar-refractivity contribution < 1.29 is 27.5 Å². The summed E-state index contributed by atoms with van der Waals surface area (Å²) in [6, 6.07) is 16.2. The molecule has 3 aromatic carbocycles. The molecule has 0 bridgehead atoms. The molecule has 1 amide bonds. The molecule has 0 saturated heterocycles. The van der Waals surface area contributed by atoms with E-state index in [1.54, 1.807) is 24.3 Å². The molecule has 36 heavy (non-hydrogen) atoms. The number of sulfonamides is 1. The van der Waals surface area contributed by atoms with Crippen LogP contribution in [0.5, 0.6) is 5.75 Å². The summed E-state index contributed by atoms with van der Waals surface area (Å²) < 4.78 is 38.2. The van der Waals surface area contributed by atoms with E-state index in [4.69, 9.17) is 32.7 Å². The minimum Gasteiger partial charge on any atom is -0.484 e. The molecular weight excluding hydrogens is 527 g/mol. The van der Waals surface area contributed by atoms with Crippen LogP contribution in [0, 0.1) is 0 Å². The topological polar surface area (TPSA) is 111 Å². The average molecular weight is 551 g/mol. The van der Waals surface area contributed by atoms with Crippen LogP contribution in [0.25, 0.3) is 0 Å². The van der Waals surface area contributed by atoms with Gasteiger partial charge in [-0.05, 0) is 73.2 Å². The standard InChI is InChI=1S/C25H24Cl2N2O6S/c1-2-3-12-34-25(31)17-4-6-20(7-5-17)28-24(30)16-35-22-8-10-23(11-9-22)36(32,33)29-21-14-18(26)13-19(27)15-21/h4-11,13-15,29H,2-3,12,16H2,1H3,(H,28,30). The first-order valence-corrected chi connectivity index (χ1v) is 13.2. The molecule has 0 aliphatic rings. The molecule has 0 aliphatic carbocycles. The predicted molar refractivity (Wildman–Crippen MR) is 139 cm³/mol. The number of unbranched alkanes of at least 4 members (excludes halogenated alkanes) is 1. The van der Waals surface area contributed by atoms with Crippen molar-refractivity contribution in [1.82, 2.24) is 0 Å². The van der Waals surface area contributed by atoms with E-state index in [9.17, 15) is 18.0 Å². The zero-order valence-electron chi connectivity index (χ0n) is 19.3. The van der Waals surface area contributed by atoms with E-state index in [2.05, 4.69) is 10.0 Å². The van der Waals surface area contributed by atoms with Crippen LogP contribution in [0.4, 0.5) is 11.4 Å². The van der Waals surface area contributed by atoms with Crippen molar-refractivity contribution in [2.75, 3.05) is 23.3 Å². The summed E-state index contributed by atoms with van der Waals surface area (Å²) in [7, 11) is -3.89. The number of carbonyl (C=O) groups excluding carboxylic acids is 2. The lowest BCUT2D eigenvalue weighted by atomic mass is 10.2. The second kappa shape index (κ2) is 12.6. The zero-order chi connectivity index (χ0) is 26.1. The highest BCUT2D eigenvalue weighted by Gasteiger charge is 2.15. The van der Waals surface area contributed by atoms with Gasteiger partial charge in [0.15, 0.2) is 6.61 Å². The lowest BCUT2D eigenvalue weighted by Gasteiger charge is -2.11. The number of nitrogens with one attached hydrogen (secondary N) is 2. The highest BCUT2D eigenvalue weighted by atomic mass is 35.5. The molecule has 0 aliphatic heterocycles. The molecule has 0 atom stereocenters. The van der Waals surface area contributed by atoms with Crippen molar-refractivity contribution in [3.63, 3.8) is 0 Å². The Kier molecular flexibility index (Phi) is 9.58. The van der Waals surface area contributed by atoms with Crippen molar-refractivity contribution in [1.29, 1.82) is 0 Å². The second-order valence-corrected chi connectivity index (χ2v) is 10.2. The van der Waals surface area contributed by atoms with Crippen molar-refractivity contribution in [3.8, 4) is 5.75 Å². The van der Waals surface area contributed by atoms with Gasteiger partial charge in [-0.25, -0.2) is 13.2 Å². The lowest BCUT2D eigenvalue weighted by molar-refractivity contribution is -0.118. The SMILES string of the molecule is CCCCOC(=O)c1ccc(NC(=O)COc2ccc(S(=O)(=O)Nc3cc(Cl)cc(Cl)c3)cc2)cc1. The van der Waals surface area contributed by atoms with E-state index in [0.717, 1.165) is 12.8 Å². The molecule has 0 radical (unpaired) electrons. The quantitative estimate of drug-likeness (QED) is 0.231. The average Bonchev–Trinajstić information content (AvgIpc) is 2.82. The Morgan fingerprint density at radius 3 is 2.14 bits per heavy atom. The second-order valence-electron chi connectivity index (χ2n) is 7.64. The molecule has 3 rings (SSSR count). The van der Waals surface area contributed by atoms with Crippen molar-refractivity contribution in [2.45, 2.75) is 24.7 Å². The lowest BCUT2D eigenvalue weighted by Crippen LogP contribution is -2.20. The molecule has 2 N–H and O–H groups in total. The van der Waals surface area contributed by atoms with Gasteiger partial charge in [0.2, 0.25) is 0 Å². The van der Waals surface area contributed by atoms with Gasteiger partial charge in [0.1, 0.15) is 5.75 Å². The first-order chi connectivity index (χ1) is 17.2. The highest BCUT2D eigenvalue weighted by Crippen LogP contribution is 2.25. The van der Waals surface area contributed by atoms with Crippen LogP contribution in [0.15, 0.2) is 71.6 Å². The van der Waals surface area contributed by atoms with E-state index < -0.39 is 21.9 Å². The van der Waals surface area contributed by atoms with Gasteiger partial charge in [0.25, 0.3) is 15.9 Å². The van der Waals surface area contributed by atoms with Crippen LogP contribution in [0.2, 0.25) is 10.0 Å². The third-order valence-electron chi connectivity index (χ3n) is 4.75. The fourth-order valence-corrected chi connectivity index (χ4v) is 4.54. The summed E-state index contributed by atoms with van der Waals surface area (Å²) >= 11 is 11.8. The van der Waals surface area contributed by atoms with E-state index in [-0.39, 0.29) is 17.2 Å². The Balaban J connectivity index is 1.51. The van der Waals surface area contributed by atoms with E-state index in [1.165, 1.54) is 42.5 Å². The number of anilines is 2. The number of hydrogen-bond acceptors (Lipinski definition) is 6. The fourth-order valence-electron chi connectivity index (χ4n) is 2.97. The molecule has 0 saturated carbocycles. The minimum absolute atomic E-state index is 0.0105. The predicted octanol–water partition coefficient (Wildman–Crippen LogP) is 5.77. The van der Waals surface area contributed by atoms with Gasteiger partial charge in [0.05, 0.1) is 22.8 Å². The molecule has 0 aromatic heterocycles. The van der Waals surface area contributed by atoms with Crippen LogP contribution in [-0.2, 0) is 19.6 Å². The van der Waals surface area contributed by atoms with Crippen LogP contribution in [0.1, 0.15) is 30.1 Å². The molecule has 0 unspecified atom stereocenters. The normalized spacial score (nSPS) is 11.0. The van der Waals surface area contributed by atoms with E-state index in [1.807, 2.05) is 6.92 Å². The van der Waals surface area contributed by atoms with Gasteiger partial charge in [-0.3, -0.25) is 9.52 Å². The first kappa shape index (κ1) is 27.3. The number of halogens is 2. The van der Waals surface area contributed by atoms with Crippen LogP contribution >= 0.6 is 23.2 Å². The minimum atomic E-state index is -3.89. The Hall–Kier alpha value is -3.27. The van der Waals surface area contributed by atoms with Gasteiger partial charge in [0, 0.05) is 15.7 Å². The zero-order valence-corrected chi connectivity index (χ0v) is 21.6. The van der Waals surface area contributed by atoms with Gasteiger partial charge in [-0.15, -0.1) is 0 Å². The van der Waals surface area contributed by atoms with Crippen molar-refractivity contribution >= 4 is 56.5 Å². The Bertz CT molecular complexity index is 1290. The molecular formula is C25H24Cl2N2O6S. The van der Waals surface area contributed by atoms with Gasteiger partial charge < -0.3 is 14.8 Å². The number of rotatable bonds is 11. The van der Waals surface area contributed by atoms with Gasteiger partial charge >= 0.3 is 5.97 Å². The van der Waals surface area contributed by atoms with E-state index >= 15 is 0 Å². The molecule has 8 nitrogen and oxygen atoms in total. The number of hydrogen-bond donors (Lipinski definition) is 2. The number of amides is 1. The summed E-state index contributed by atoms with van der Waals surface area (Å²) in [5.74, 6) is -0.536. The van der Waals surface area contributed by atoms with Crippen LogP contribution in [-0.4, -0.2) is 33.5 Å². The maximum atomic E-state index is 12.6.